The number of nitrogens with two attached hydrogens (primary N) is 1. The van der Waals surface area contributed by atoms with Gasteiger partial charge in [-0.2, -0.15) is 0 Å². The van der Waals surface area contributed by atoms with Crippen LogP contribution in [-0.4, -0.2) is 11.5 Å². The van der Waals surface area contributed by atoms with Gasteiger partial charge >= 0.3 is 0 Å². The van der Waals surface area contributed by atoms with Crippen LogP contribution in [-0.2, 0) is 0 Å². The molecule has 0 fully saturated rings. The van der Waals surface area contributed by atoms with Crippen LogP contribution in [0.25, 0.3) is 0 Å². The number of aromatic hydroxyl groups is 1. The molecule has 1 aromatic rings. The van der Waals surface area contributed by atoms with E-state index in [1.54, 1.807) is 0 Å². The topological polar surface area (TPSA) is 46.2 Å². The maximum atomic E-state index is 12.1. The molecule has 0 amide bonds. The van der Waals surface area contributed by atoms with Crippen molar-refractivity contribution in [3.63, 3.8) is 0 Å². The number of halogens is 3. The molecule has 0 saturated heterocycles. The van der Waals surface area contributed by atoms with Crippen LogP contribution < -0.4 is 5.73 Å². The van der Waals surface area contributed by atoms with Crippen molar-refractivity contribution in [2.24, 2.45) is 5.73 Å². The van der Waals surface area contributed by atoms with Crippen LogP contribution in [0.5, 0.6) is 5.75 Å². The van der Waals surface area contributed by atoms with E-state index in [0.717, 1.165) is 0 Å². The summed E-state index contributed by atoms with van der Waals surface area (Å²) in [6.07, 6.45) is -2.64. The van der Waals surface area contributed by atoms with Gasteiger partial charge in [-0.15, -0.1) is 0 Å². The number of phenolic OH excluding ortho intramolecular Hbond substituents is 1. The largest absolute Gasteiger partial charge is 0.506 e. The number of rotatable bonds is 2. The minimum absolute atomic E-state index is 0.0219. The van der Waals surface area contributed by atoms with Crippen molar-refractivity contribution in [2.75, 3.05) is 0 Å². The van der Waals surface area contributed by atoms with E-state index in [9.17, 15) is 8.78 Å². The zero-order valence-corrected chi connectivity index (χ0v) is 7.30. The Morgan fingerprint density at radius 1 is 1.38 bits per heavy atom. The number of alkyl halides is 2. The molecule has 0 saturated carbocycles. The normalized spacial score (nSPS) is 13.3. The fourth-order valence-corrected chi connectivity index (χ4v) is 1.06. The molecular formula is C8H8ClF2NO. The summed E-state index contributed by atoms with van der Waals surface area (Å²) >= 11 is 5.51. The lowest BCUT2D eigenvalue weighted by Crippen LogP contribution is -2.18. The minimum atomic E-state index is -2.64. The monoisotopic (exact) mass is 207 g/mol. The quantitative estimate of drug-likeness (QED) is 0.782. The first-order chi connectivity index (χ1) is 6.02. The predicted molar refractivity (Wildman–Crippen MR) is 46.0 cm³/mol. The fourth-order valence-electron chi connectivity index (χ4n) is 0.876. The molecule has 2 nitrogen and oxygen atoms in total. The summed E-state index contributed by atoms with van der Waals surface area (Å²) in [6.45, 7) is 0. The lowest BCUT2D eigenvalue weighted by Gasteiger charge is -2.10. The van der Waals surface area contributed by atoms with Gasteiger partial charge in [0.05, 0.1) is 11.1 Å². The van der Waals surface area contributed by atoms with E-state index >= 15 is 0 Å². The zero-order valence-electron chi connectivity index (χ0n) is 6.55. The van der Waals surface area contributed by atoms with Gasteiger partial charge < -0.3 is 10.8 Å². The molecule has 1 rings (SSSR count). The Morgan fingerprint density at radius 2 is 2.00 bits per heavy atom. The van der Waals surface area contributed by atoms with Gasteiger partial charge in [0.25, 0.3) is 6.43 Å². The lowest BCUT2D eigenvalue weighted by atomic mass is 10.1. The SMILES string of the molecule is N[C@@H](c1ccc(O)c(Cl)c1)C(F)F. The van der Waals surface area contributed by atoms with Gasteiger partial charge in [0.2, 0.25) is 0 Å². The predicted octanol–water partition coefficient (Wildman–Crippen LogP) is 2.31. The Bertz CT molecular complexity index is 306. The second kappa shape index (κ2) is 3.89. The van der Waals surface area contributed by atoms with E-state index in [1.807, 2.05) is 0 Å². The van der Waals surface area contributed by atoms with Gasteiger partial charge in [-0.25, -0.2) is 8.78 Å². The highest BCUT2D eigenvalue weighted by Crippen LogP contribution is 2.27. The molecule has 1 atom stereocenters. The van der Waals surface area contributed by atoms with E-state index < -0.39 is 12.5 Å². The highest BCUT2D eigenvalue weighted by Gasteiger charge is 2.17. The summed E-state index contributed by atoms with van der Waals surface area (Å²) in [5, 5.41) is 9.03. The van der Waals surface area contributed by atoms with E-state index in [0.29, 0.717) is 0 Å². The Hall–Kier alpha value is -0.870. The second-order valence-electron chi connectivity index (χ2n) is 2.57. The summed E-state index contributed by atoms with van der Waals surface area (Å²) in [5.41, 5.74) is 5.37. The average Bonchev–Trinajstić information content (AvgIpc) is 2.08. The molecule has 1 aromatic carbocycles. The first kappa shape index (κ1) is 10.2. The fraction of sp³-hybridized carbons (Fsp3) is 0.250. The van der Waals surface area contributed by atoms with Crippen molar-refractivity contribution in [1.29, 1.82) is 0 Å². The third-order valence-electron chi connectivity index (χ3n) is 1.63. The van der Waals surface area contributed by atoms with Crippen LogP contribution in [0.15, 0.2) is 18.2 Å². The summed E-state index contributed by atoms with van der Waals surface area (Å²) in [5.74, 6) is -0.146. The Kier molecular flexibility index (Phi) is 3.06. The lowest BCUT2D eigenvalue weighted by molar-refractivity contribution is 0.116. The van der Waals surface area contributed by atoms with Crippen molar-refractivity contribution in [3.8, 4) is 5.75 Å². The van der Waals surface area contributed by atoms with Crippen LogP contribution >= 0.6 is 11.6 Å². The third-order valence-corrected chi connectivity index (χ3v) is 1.93. The number of phenols is 1. The van der Waals surface area contributed by atoms with Gasteiger partial charge in [0.1, 0.15) is 5.75 Å². The van der Waals surface area contributed by atoms with Crippen molar-refractivity contribution < 1.29 is 13.9 Å². The van der Waals surface area contributed by atoms with Gasteiger partial charge in [-0.3, -0.25) is 0 Å². The second-order valence-corrected chi connectivity index (χ2v) is 2.98. The van der Waals surface area contributed by atoms with Crippen molar-refractivity contribution >= 4 is 11.6 Å². The zero-order chi connectivity index (χ0) is 10.0. The number of hydrogen-bond donors (Lipinski definition) is 2. The van der Waals surface area contributed by atoms with Crippen LogP contribution in [0.2, 0.25) is 5.02 Å². The molecule has 5 heteroatoms. The van der Waals surface area contributed by atoms with Gasteiger partial charge in [-0.05, 0) is 17.7 Å². The Morgan fingerprint density at radius 3 is 2.46 bits per heavy atom. The third kappa shape index (κ3) is 2.29. The maximum Gasteiger partial charge on any atom is 0.257 e. The molecule has 0 unspecified atom stereocenters. The molecule has 0 heterocycles. The van der Waals surface area contributed by atoms with Gasteiger partial charge in [0.15, 0.2) is 0 Å². The molecule has 0 bridgehead atoms. The molecule has 0 radical (unpaired) electrons. The summed E-state index contributed by atoms with van der Waals surface area (Å²) < 4.78 is 24.2. The molecule has 0 aromatic heterocycles. The average molecular weight is 208 g/mol. The molecule has 0 aliphatic heterocycles. The molecule has 0 spiro atoms. The van der Waals surface area contributed by atoms with Crippen molar-refractivity contribution in [3.05, 3.63) is 28.8 Å². The molecule has 72 valence electrons. The van der Waals surface area contributed by atoms with E-state index in [1.165, 1.54) is 18.2 Å². The summed E-state index contributed by atoms with van der Waals surface area (Å²) in [6, 6.07) is 2.42. The molecule has 0 aliphatic carbocycles. The van der Waals surface area contributed by atoms with Crippen molar-refractivity contribution in [1.82, 2.24) is 0 Å². The highest BCUT2D eigenvalue weighted by molar-refractivity contribution is 6.32. The minimum Gasteiger partial charge on any atom is -0.506 e. The van der Waals surface area contributed by atoms with Crippen LogP contribution in [0.3, 0.4) is 0 Å². The summed E-state index contributed by atoms with van der Waals surface area (Å²) in [7, 11) is 0. The standard InChI is InChI=1S/C8H8ClF2NO/c9-5-3-4(1-2-6(5)13)7(12)8(10)11/h1-3,7-8,13H,12H2/t7-/m0/s1. The number of hydrogen-bond acceptors (Lipinski definition) is 2. The Labute approximate surface area is 78.9 Å². The smallest absolute Gasteiger partial charge is 0.257 e. The molecular weight excluding hydrogens is 200 g/mol. The summed E-state index contributed by atoms with van der Waals surface area (Å²) in [4.78, 5) is 0. The van der Waals surface area contributed by atoms with E-state index in [-0.39, 0.29) is 16.3 Å². The van der Waals surface area contributed by atoms with Crippen molar-refractivity contribution in [2.45, 2.75) is 12.5 Å². The highest BCUT2D eigenvalue weighted by atomic mass is 35.5. The molecule has 0 aliphatic rings. The Balaban J connectivity index is 2.97. The number of benzene rings is 1. The maximum absolute atomic E-state index is 12.1. The van der Waals surface area contributed by atoms with Gasteiger partial charge in [-0.1, -0.05) is 17.7 Å². The van der Waals surface area contributed by atoms with Gasteiger partial charge in [0, 0.05) is 0 Å². The first-order valence-corrected chi connectivity index (χ1v) is 3.92. The van der Waals surface area contributed by atoms with E-state index in [4.69, 9.17) is 22.4 Å². The van der Waals surface area contributed by atoms with Crippen LogP contribution in [0.1, 0.15) is 11.6 Å². The van der Waals surface area contributed by atoms with E-state index in [2.05, 4.69) is 0 Å². The van der Waals surface area contributed by atoms with Crippen LogP contribution in [0.4, 0.5) is 8.78 Å². The van der Waals surface area contributed by atoms with Crippen LogP contribution in [0, 0.1) is 0 Å². The molecule has 3 N–H and O–H groups in total. The molecule has 13 heavy (non-hydrogen) atoms. The first-order valence-electron chi connectivity index (χ1n) is 3.54.